The van der Waals surface area contributed by atoms with Crippen molar-refractivity contribution in [2.45, 2.75) is 25.3 Å². The molecule has 0 saturated carbocycles. The van der Waals surface area contributed by atoms with Crippen molar-refractivity contribution in [1.82, 2.24) is 4.90 Å². The van der Waals surface area contributed by atoms with E-state index in [1.54, 1.807) is 0 Å². The zero-order chi connectivity index (χ0) is 12.2. The monoisotopic (exact) mass is 243 g/mol. The molecule has 0 bridgehead atoms. The van der Waals surface area contributed by atoms with Crippen molar-refractivity contribution in [3.05, 3.63) is 42.0 Å². The van der Waals surface area contributed by atoms with Crippen molar-refractivity contribution in [3.63, 3.8) is 0 Å². The van der Waals surface area contributed by atoms with Crippen molar-refractivity contribution in [2.24, 2.45) is 0 Å². The first-order valence-electron chi connectivity index (χ1n) is 7.02. The van der Waals surface area contributed by atoms with Crippen molar-refractivity contribution < 1.29 is 4.74 Å². The van der Waals surface area contributed by atoms with Gasteiger partial charge in [-0.25, -0.2) is 0 Å². The fourth-order valence-electron chi connectivity index (χ4n) is 3.07. The SMILES string of the molecule is C1=C(c2ccccc2)[C@@H](N2CCOCC2)CCC1. The molecule has 1 heterocycles. The maximum Gasteiger partial charge on any atom is 0.0594 e. The number of hydrogen-bond donors (Lipinski definition) is 0. The summed E-state index contributed by atoms with van der Waals surface area (Å²) in [7, 11) is 0. The minimum Gasteiger partial charge on any atom is -0.379 e. The van der Waals surface area contributed by atoms with Crippen LogP contribution in [0.4, 0.5) is 0 Å². The molecular formula is C16H21NO. The van der Waals surface area contributed by atoms with Gasteiger partial charge in [-0.1, -0.05) is 36.4 Å². The summed E-state index contributed by atoms with van der Waals surface area (Å²) in [5.74, 6) is 0. The zero-order valence-corrected chi connectivity index (χ0v) is 10.8. The summed E-state index contributed by atoms with van der Waals surface area (Å²) < 4.78 is 5.47. The predicted molar refractivity (Wildman–Crippen MR) is 74.5 cm³/mol. The van der Waals surface area contributed by atoms with Gasteiger partial charge in [0.15, 0.2) is 0 Å². The highest BCUT2D eigenvalue weighted by Crippen LogP contribution is 2.31. The van der Waals surface area contributed by atoms with Gasteiger partial charge in [0, 0.05) is 19.1 Å². The van der Waals surface area contributed by atoms with Crippen LogP contribution < -0.4 is 0 Å². The Kier molecular flexibility index (Phi) is 3.77. The largest absolute Gasteiger partial charge is 0.379 e. The van der Waals surface area contributed by atoms with Gasteiger partial charge in [0.25, 0.3) is 0 Å². The van der Waals surface area contributed by atoms with Gasteiger partial charge in [-0.3, -0.25) is 4.90 Å². The van der Waals surface area contributed by atoms with E-state index in [1.807, 2.05) is 0 Å². The van der Waals surface area contributed by atoms with Gasteiger partial charge < -0.3 is 4.74 Å². The Balaban J connectivity index is 1.83. The number of allylic oxidation sites excluding steroid dienone is 1. The third kappa shape index (κ3) is 2.50. The molecule has 18 heavy (non-hydrogen) atoms. The molecule has 0 spiro atoms. The van der Waals surface area contributed by atoms with Crippen LogP contribution in [-0.4, -0.2) is 37.2 Å². The van der Waals surface area contributed by atoms with Gasteiger partial charge >= 0.3 is 0 Å². The standard InChI is InChI=1S/C16H21NO/c1-2-6-14(7-3-1)15-8-4-5-9-16(15)17-10-12-18-13-11-17/h1-3,6-8,16H,4-5,9-13H2/t16-/m0/s1. The zero-order valence-electron chi connectivity index (χ0n) is 10.8. The topological polar surface area (TPSA) is 12.5 Å². The van der Waals surface area contributed by atoms with E-state index >= 15 is 0 Å². The first-order valence-corrected chi connectivity index (χ1v) is 7.02. The molecule has 2 aliphatic rings. The summed E-state index contributed by atoms with van der Waals surface area (Å²) in [6.45, 7) is 3.93. The van der Waals surface area contributed by atoms with E-state index < -0.39 is 0 Å². The van der Waals surface area contributed by atoms with Crippen LogP contribution in [0.3, 0.4) is 0 Å². The summed E-state index contributed by atoms with van der Waals surface area (Å²) in [4.78, 5) is 2.60. The van der Waals surface area contributed by atoms with Gasteiger partial charge in [-0.05, 0) is 30.4 Å². The molecule has 1 fully saturated rings. The molecule has 0 amide bonds. The van der Waals surface area contributed by atoms with Crippen molar-refractivity contribution in [2.75, 3.05) is 26.3 Å². The molecule has 1 aromatic carbocycles. The molecule has 1 aromatic rings. The molecule has 0 aromatic heterocycles. The van der Waals surface area contributed by atoms with Crippen molar-refractivity contribution in [3.8, 4) is 0 Å². The van der Waals surface area contributed by atoms with Crippen LogP contribution in [0, 0.1) is 0 Å². The lowest BCUT2D eigenvalue weighted by atomic mass is 9.88. The molecule has 2 nitrogen and oxygen atoms in total. The molecule has 1 atom stereocenters. The molecule has 3 rings (SSSR count). The van der Waals surface area contributed by atoms with Gasteiger partial charge in [0.05, 0.1) is 13.2 Å². The van der Waals surface area contributed by atoms with Gasteiger partial charge in [-0.15, -0.1) is 0 Å². The summed E-state index contributed by atoms with van der Waals surface area (Å²) in [5.41, 5.74) is 2.93. The molecule has 0 N–H and O–H groups in total. The number of hydrogen-bond acceptors (Lipinski definition) is 2. The number of rotatable bonds is 2. The Morgan fingerprint density at radius 1 is 1.06 bits per heavy atom. The minimum absolute atomic E-state index is 0.602. The van der Waals surface area contributed by atoms with E-state index in [0.717, 1.165) is 26.3 Å². The van der Waals surface area contributed by atoms with E-state index in [9.17, 15) is 0 Å². The van der Waals surface area contributed by atoms with Crippen molar-refractivity contribution in [1.29, 1.82) is 0 Å². The Morgan fingerprint density at radius 3 is 2.61 bits per heavy atom. The molecule has 0 radical (unpaired) electrons. The smallest absolute Gasteiger partial charge is 0.0594 e. The minimum atomic E-state index is 0.602. The maximum absolute atomic E-state index is 5.47. The lowest BCUT2D eigenvalue weighted by Gasteiger charge is -2.38. The molecule has 1 saturated heterocycles. The highest BCUT2D eigenvalue weighted by Gasteiger charge is 2.26. The van der Waals surface area contributed by atoms with E-state index in [0.29, 0.717) is 6.04 Å². The Morgan fingerprint density at radius 2 is 1.83 bits per heavy atom. The Labute approximate surface area is 109 Å². The lowest BCUT2D eigenvalue weighted by Crippen LogP contribution is -2.44. The van der Waals surface area contributed by atoms with Crippen molar-refractivity contribution >= 4 is 5.57 Å². The third-order valence-electron chi connectivity index (χ3n) is 4.00. The molecular weight excluding hydrogens is 222 g/mol. The first kappa shape index (κ1) is 11.9. The van der Waals surface area contributed by atoms with Gasteiger partial charge in [0.1, 0.15) is 0 Å². The normalized spacial score (nSPS) is 25.8. The van der Waals surface area contributed by atoms with E-state index in [2.05, 4.69) is 41.3 Å². The van der Waals surface area contributed by atoms with E-state index in [4.69, 9.17) is 4.74 Å². The quantitative estimate of drug-likeness (QED) is 0.792. The predicted octanol–water partition coefficient (Wildman–Crippen LogP) is 2.95. The molecule has 1 aliphatic heterocycles. The summed E-state index contributed by atoms with van der Waals surface area (Å²) >= 11 is 0. The van der Waals surface area contributed by atoms with Crippen LogP contribution in [0.2, 0.25) is 0 Å². The van der Waals surface area contributed by atoms with Crippen LogP contribution in [0.1, 0.15) is 24.8 Å². The lowest BCUT2D eigenvalue weighted by molar-refractivity contribution is 0.0251. The summed E-state index contributed by atoms with van der Waals surface area (Å²) in [6, 6.07) is 11.5. The fourth-order valence-corrected chi connectivity index (χ4v) is 3.07. The summed E-state index contributed by atoms with van der Waals surface area (Å²) in [6.07, 6.45) is 6.28. The van der Waals surface area contributed by atoms with E-state index in [1.165, 1.54) is 30.4 Å². The second kappa shape index (κ2) is 5.68. The van der Waals surface area contributed by atoms with Gasteiger partial charge in [0.2, 0.25) is 0 Å². The molecule has 2 heteroatoms. The Hall–Kier alpha value is -1.12. The summed E-state index contributed by atoms with van der Waals surface area (Å²) in [5, 5.41) is 0. The molecule has 0 unspecified atom stereocenters. The number of morpholine rings is 1. The van der Waals surface area contributed by atoms with E-state index in [-0.39, 0.29) is 0 Å². The highest BCUT2D eigenvalue weighted by atomic mass is 16.5. The second-order valence-electron chi connectivity index (χ2n) is 5.12. The average molecular weight is 243 g/mol. The number of ether oxygens (including phenoxy) is 1. The van der Waals surface area contributed by atoms with Crippen LogP contribution in [0.5, 0.6) is 0 Å². The average Bonchev–Trinajstić information content (AvgIpc) is 2.49. The first-order chi connectivity index (χ1) is 8.95. The number of nitrogens with zero attached hydrogens (tertiary/aromatic N) is 1. The van der Waals surface area contributed by atoms with Gasteiger partial charge in [-0.2, -0.15) is 0 Å². The van der Waals surface area contributed by atoms with Crippen LogP contribution in [0.15, 0.2) is 36.4 Å². The number of benzene rings is 1. The van der Waals surface area contributed by atoms with Crippen LogP contribution in [-0.2, 0) is 4.74 Å². The maximum atomic E-state index is 5.47. The molecule has 96 valence electrons. The second-order valence-corrected chi connectivity index (χ2v) is 5.12. The van der Waals surface area contributed by atoms with Crippen LogP contribution >= 0.6 is 0 Å². The third-order valence-corrected chi connectivity index (χ3v) is 4.00. The highest BCUT2D eigenvalue weighted by molar-refractivity contribution is 5.70. The molecule has 1 aliphatic carbocycles. The fraction of sp³-hybridized carbons (Fsp3) is 0.500. The van der Waals surface area contributed by atoms with Crippen LogP contribution in [0.25, 0.3) is 5.57 Å². The Bertz CT molecular complexity index is 406.